The van der Waals surface area contributed by atoms with Gasteiger partial charge in [-0.3, -0.25) is 5.01 Å². The number of nitrogens with zero attached hydrogens (tertiary/aromatic N) is 1. The van der Waals surface area contributed by atoms with Gasteiger partial charge in [-0.1, -0.05) is 6.92 Å². The molecule has 1 heterocycles. The van der Waals surface area contributed by atoms with Gasteiger partial charge in [0.05, 0.1) is 0 Å². The Morgan fingerprint density at radius 2 is 2.33 bits per heavy atom. The van der Waals surface area contributed by atoms with E-state index in [1.165, 1.54) is 6.42 Å². The molecule has 0 unspecified atom stereocenters. The number of hydrogen-bond donors (Lipinski definition) is 1. The van der Waals surface area contributed by atoms with Gasteiger partial charge in [0, 0.05) is 18.9 Å². The normalized spacial score (nSPS) is 15.9. The van der Waals surface area contributed by atoms with E-state index in [0.717, 1.165) is 6.54 Å². The Bertz CT molecular complexity index is 127. The van der Waals surface area contributed by atoms with Crippen LogP contribution in [0.1, 0.15) is 13.3 Å². The zero-order valence-electron chi connectivity index (χ0n) is 5.67. The zero-order chi connectivity index (χ0) is 6.53. The molecule has 9 heavy (non-hydrogen) atoms. The average molecular weight is 124 g/mol. The molecule has 0 atom stereocenters. The SMILES string of the molecule is CCCN1C=CC=CN1. The third kappa shape index (κ3) is 1.80. The molecule has 2 heteroatoms. The van der Waals surface area contributed by atoms with Crippen LogP contribution in [0.5, 0.6) is 0 Å². The molecule has 0 spiro atoms. The molecule has 0 saturated carbocycles. The van der Waals surface area contributed by atoms with Gasteiger partial charge in [0.25, 0.3) is 0 Å². The zero-order valence-corrected chi connectivity index (χ0v) is 5.67. The maximum absolute atomic E-state index is 3.09. The fourth-order valence-corrected chi connectivity index (χ4v) is 0.771. The first-order valence-electron chi connectivity index (χ1n) is 3.29. The van der Waals surface area contributed by atoms with Crippen molar-refractivity contribution >= 4 is 0 Å². The standard InChI is InChI=1S/C7H12N2/c1-2-6-9-7-4-3-5-8-9/h3-5,7-8H,2,6H2,1H3. The van der Waals surface area contributed by atoms with Crippen molar-refractivity contribution in [1.82, 2.24) is 10.4 Å². The first kappa shape index (κ1) is 6.20. The van der Waals surface area contributed by atoms with E-state index in [1.807, 2.05) is 24.6 Å². The Labute approximate surface area is 55.8 Å². The lowest BCUT2D eigenvalue weighted by Gasteiger charge is -2.20. The maximum Gasteiger partial charge on any atom is 0.0384 e. The molecule has 0 saturated heterocycles. The Hall–Kier alpha value is -0.920. The lowest BCUT2D eigenvalue weighted by Crippen LogP contribution is -2.30. The molecule has 0 aromatic heterocycles. The van der Waals surface area contributed by atoms with Crippen molar-refractivity contribution < 1.29 is 0 Å². The van der Waals surface area contributed by atoms with E-state index >= 15 is 0 Å². The highest BCUT2D eigenvalue weighted by molar-refractivity contribution is 5.04. The fourth-order valence-electron chi connectivity index (χ4n) is 0.771. The van der Waals surface area contributed by atoms with Gasteiger partial charge in [-0.05, 0) is 18.6 Å². The van der Waals surface area contributed by atoms with Crippen molar-refractivity contribution in [3.63, 3.8) is 0 Å². The molecular formula is C7H12N2. The quantitative estimate of drug-likeness (QED) is 0.596. The van der Waals surface area contributed by atoms with Gasteiger partial charge in [0.15, 0.2) is 0 Å². The molecule has 1 aliphatic heterocycles. The van der Waals surface area contributed by atoms with Crippen LogP contribution < -0.4 is 5.43 Å². The maximum atomic E-state index is 3.09. The fraction of sp³-hybridized carbons (Fsp3) is 0.429. The second kappa shape index (κ2) is 3.17. The third-order valence-corrected chi connectivity index (χ3v) is 1.18. The lowest BCUT2D eigenvalue weighted by atomic mass is 10.4. The first-order valence-corrected chi connectivity index (χ1v) is 3.29. The van der Waals surface area contributed by atoms with Gasteiger partial charge >= 0.3 is 0 Å². The van der Waals surface area contributed by atoms with Crippen LogP contribution >= 0.6 is 0 Å². The van der Waals surface area contributed by atoms with Gasteiger partial charge in [-0.15, -0.1) is 0 Å². The number of rotatable bonds is 2. The number of nitrogens with one attached hydrogen (secondary N) is 1. The number of hydrogen-bond acceptors (Lipinski definition) is 2. The summed E-state index contributed by atoms with van der Waals surface area (Å²) in [5, 5.41) is 2.06. The molecule has 0 amide bonds. The summed E-state index contributed by atoms with van der Waals surface area (Å²) in [5.41, 5.74) is 3.09. The Morgan fingerprint density at radius 3 is 2.89 bits per heavy atom. The molecule has 2 nitrogen and oxygen atoms in total. The van der Waals surface area contributed by atoms with Crippen LogP contribution in [0, 0.1) is 0 Å². The van der Waals surface area contributed by atoms with Crippen LogP contribution in [-0.2, 0) is 0 Å². The average Bonchev–Trinajstić information content (AvgIpc) is 1.91. The lowest BCUT2D eigenvalue weighted by molar-refractivity contribution is 0.313. The number of allylic oxidation sites excluding steroid dienone is 2. The summed E-state index contributed by atoms with van der Waals surface area (Å²) < 4.78 is 0. The molecule has 0 bridgehead atoms. The van der Waals surface area contributed by atoms with Gasteiger partial charge in [0.1, 0.15) is 0 Å². The smallest absolute Gasteiger partial charge is 0.0384 e. The Morgan fingerprint density at radius 1 is 1.44 bits per heavy atom. The summed E-state index contributed by atoms with van der Waals surface area (Å²) in [5.74, 6) is 0. The topological polar surface area (TPSA) is 15.3 Å². The third-order valence-electron chi connectivity index (χ3n) is 1.18. The van der Waals surface area contributed by atoms with Gasteiger partial charge < -0.3 is 5.43 Å². The van der Waals surface area contributed by atoms with E-state index < -0.39 is 0 Å². The van der Waals surface area contributed by atoms with Crippen molar-refractivity contribution in [3.8, 4) is 0 Å². The predicted octanol–water partition coefficient (Wildman–Crippen LogP) is 1.24. The summed E-state index contributed by atoms with van der Waals surface area (Å²) >= 11 is 0. The summed E-state index contributed by atoms with van der Waals surface area (Å²) in [6.07, 6.45) is 9.13. The van der Waals surface area contributed by atoms with Gasteiger partial charge in [-0.2, -0.15) is 0 Å². The molecule has 1 aliphatic rings. The van der Waals surface area contributed by atoms with Crippen molar-refractivity contribution in [2.24, 2.45) is 0 Å². The van der Waals surface area contributed by atoms with Crippen LogP contribution in [0.2, 0.25) is 0 Å². The van der Waals surface area contributed by atoms with Crippen molar-refractivity contribution in [2.75, 3.05) is 6.54 Å². The first-order chi connectivity index (χ1) is 4.43. The van der Waals surface area contributed by atoms with E-state index in [1.54, 1.807) is 0 Å². The van der Waals surface area contributed by atoms with E-state index in [9.17, 15) is 0 Å². The molecule has 50 valence electrons. The monoisotopic (exact) mass is 124 g/mol. The largest absolute Gasteiger partial charge is 0.306 e. The van der Waals surface area contributed by atoms with Crippen LogP contribution in [-0.4, -0.2) is 11.6 Å². The molecule has 1 N–H and O–H groups in total. The number of hydrazine groups is 1. The van der Waals surface area contributed by atoms with Crippen molar-refractivity contribution in [3.05, 3.63) is 24.6 Å². The molecule has 0 aliphatic carbocycles. The van der Waals surface area contributed by atoms with Crippen molar-refractivity contribution in [1.29, 1.82) is 0 Å². The van der Waals surface area contributed by atoms with E-state index in [4.69, 9.17) is 0 Å². The van der Waals surface area contributed by atoms with Gasteiger partial charge in [0.2, 0.25) is 0 Å². The molecular weight excluding hydrogens is 112 g/mol. The van der Waals surface area contributed by atoms with Crippen LogP contribution in [0.25, 0.3) is 0 Å². The van der Waals surface area contributed by atoms with Crippen molar-refractivity contribution in [2.45, 2.75) is 13.3 Å². The molecule has 0 aromatic rings. The van der Waals surface area contributed by atoms with E-state index in [0.29, 0.717) is 0 Å². The highest BCUT2D eigenvalue weighted by atomic mass is 15.5. The van der Waals surface area contributed by atoms with Crippen LogP contribution in [0.3, 0.4) is 0 Å². The van der Waals surface area contributed by atoms with E-state index in [-0.39, 0.29) is 0 Å². The second-order valence-electron chi connectivity index (χ2n) is 2.02. The van der Waals surface area contributed by atoms with Crippen LogP contribution in [0.15, 0.2) is 24.6 Å². The minimum absolute atomic E-state index is 1.07. The molecule has 1 rings (SSSR count). The Balaban J connectivity index is 2.28. The molecule has 0 aromatic carbocycles. The molecule has 0 radical (unpaired) electrons. The van der Waals surface area contributed by atoms with Gasteiger partial charge in [-0.25, -0.2) is 0 Å². The highest BCUT2D eigenvalue weighted by Gasteiger charge is 1.93. The minimum atomic E-state index is 1.07. The summed E-state index contributed by atoms with van der Waals surface area (Å²) in [6.45, 7) is 3.23. The predicted molar refractivity (Wildman–Crippen MR) is 38.4 cm³/mol. The Kier molecular flexibility index (Phi) is 2.19. The summed E-state index contributed by atoms with van der Waals surface area (Å²) in [4.78, 5) is 0. The second-order valence-corrected chi connectivity index (χ2v) is 2.02. The highest BCUT2D eigenvalue weighted by Crippen LogP contribution is 1.92. The summed E-state index contributed by atoms with van der Waals surface area (Å²) in [7, 11) is 0. The minimum Gasteiger partial charge on any atom is -0.306 e. The summed E-state index contributed by atoms with van der Waals surface area (Å²) in [6, 6.07) is 0. The van der Waals surface area contributed by atoms with E-state index in [2.05, 4.69) is 17.4 Å². The van der Waals surface area contributed by atoms with Crippen LogP contribution in [0.4, 0.5) is 0 Å². The molecule has 0 fully saturated rings.